The molecule has 1 amide bonds. The third-order valence-corrected chi connectivity index (χ3v) is 4.29. The van der Waals surface area contributed by atoms with E-state index in [-0.39, 0.29) is 24.5 Å². The molecule has 4 nitrogen and oxygen atoms in total. The lowest BCUT2D eigenvalue weighted by Crippen LogP contribution is -2.26. The molecule has 0 saturated heterocycles. The molecule has 0 aromatic heterocycles. The molecule has 0 saturated carbocycles. The summed E-state index contributed by atoms with van der Waals surface area (Å²) in [6.07, 6.45) is 0.939. The van der Waals surface area contributed by atoms with Gasteiger partial charge in [0.2, 0.25) is 12.7 Å². The largest absolute Gasteiger partial charge is 0.454 e. The Morgan fingerprint density at radius 3 is 2.61 bits per heavy atom. The van der Waals surface area contributed by atoms with Crippen LogP contribution in [-0.4, -0.2) is 12.7 Å². The highest BCUT2D eigenvalue weighted by Gasteiger charge is 2.26. The first-order chi connectivity index (χ1) is 11.2. The average molecular weight is 311 g/mol. The van der Waals surface area contributed by atoms with Crippen molar-refractivity contribution >= 4 is 11.6 Å². The van der Waals surface area contributed by atoms with Crippen LogP contribution in [0.15, 0.2) is 48.5 Å². The third-order valence-electron chi connectivity index (χ3n) is 4.29. The Morgan fingerprint density at radius 2 is 1.87 bits per heavy atom. The zero-order valence-electron chi connectivity index (χ0n) is 13.4. The van der Waals surface area contributed by atoms with Crippen molar-refractivity contribution in [2.24, 2.45) is 5.92 Å². The maximum Gasteiger partial charge on any atom is 0.232 e. The highest BCUT2D eigenvalue weighted by atomic mass is 16.7. The number of nitrogens with one attached hydrogen (secondary N) is 1. The van der Waals surface area contributed by atoms with Gasteiger partial charge in [0, 0.05) is 11.8 Å². The van der Waals surface area contributed by atoms with Gasteiger partial charge in [-0.25, -0.2) is 0 Å². The SMILES string of the molecule is CC[C@@H](C)[C@H](C(=O)Nc1ccc2c(c1)OCO2)c1ccccc1. The van der Waals surface area contributed by atoms with Crippen molar-refractivity contribution in [1.29, 1.82) is 0 Å². The molecular weight excluding hydrogens is 290 g/mol. The van der Waals surface area contributed by atoms with Crippen LogP contribution in [0.25, 0.3) is 0 Å². The van der Waals surface area contributed by atoms with Gasteiger partial charge in [0.05, 0.1) is 5.92 Å². The fraction of sp³-hybridized carbons (Fsp3) is 0.316. The van der Waals surface area contributed by atoms with E-state index in [1.165, 1.54) is 0 Å². The van der Waals surface area contributed by atoms with Crippen LogP contribution in [0.5, 0.6) is 11.5 Å². The minimum atomic E-state index is -0.174. The standard InChI is InChI=1S/C19H21NO3/c1-3-13(2)18(14-7-5-4-6-8-14)19(21)20-15-9-10-16-17(11-15)23-12-22-16/h4-11,13,18H,3,12H2,1-2H3,(H,20,21)/t13-,18+/m1/s1. The summed E-state index contributed by atoms with van der Waals surface area (Å²) in [5.41, 5.74) is 1.77. The van der Waals surface area contributed by atoms with Gasteiger partial charge in [-0.2, -0.15) is 0 Å². The van der Waals surface area contributed by atoms with Gasteiger partial charge in [-0.3, -0.25) is 4.79 Å². The number of carbonyl (C=O) groups is 1. The molecule has 2 aromatic rings. The third kappa shape index (κ3) is 3.31. The number of ether oxygens (including phenoxy) is 2. The summed E-state index contributed by atoms with van der Waals surface area (Å²) < 4.78 is 10.7. The molecular formula is C19H21NO3. The Hall–Kier alpha value is -2.49. The van der Waals surface area contributed by atoms with E-state index in [0.29, 0.717) is 11.5 Å². The molecule has 0 spiro atoms. The van der Waals surface area contributed by atoms with Crippen molar-refractivity contribution < 1.29 is 14.3 Å². The van der Waals surface area contributed by atoms with Crippen molar-refractivity contribution in [1.82, 2.24) is 0 Å². The van der Waals surface area contributed by atoms with Crippen LogP contribution < -0.4 is 14.8 Å². The maximum atomic E-state index is 12.8. The molecule has 0 aliphatic carbocycles. The van der Waals surface area contributed by atoms with Crippen LogP contribution in [0.1, 0.15) is 31.7 Å². The summed E-state index contributed by atoms with van der Waals surface area (Å²) in [6, 6.07) is 15.4. The van der Waals surface area contributed by atoms with E-state index >= 15 is 0 Å². The first-order valence-corrected chi connectivity index (χ1v) is 7.94. The van der Waals surface area contributed by atoms with E-state index in [0.717, 1.165) is 17.7 Å². The number of rotatable bonds is 5. The summed E-state index contributed by atoms with van der Waals surface area (Å²) in [5.74, 6) is 1.47. The molecule has 1 aliphatic heterocycles. The van der Waals surface area contributed by atoms with E-state index in [2.05, 4.69) is 19.2 Å². The van der Waals surface area contributed by atoms with Crippen molar-refractivity contribution in [2.75, 3.05) is 12.1 Å². The van der Waals surface area contributed by atoms with Crippen LogP contribution in [0.3, 0.4) is 0 Å². The van der Waals surface area contributed by atoms with Crippen molar-refractivity contribution in [3.05, 3.63) is 54.1 Å². The number of amides is 1. The zero-order valence-corrected chi connectivity index (χ0v) is 13.4. The van der Waals surface area contributed by atoms with Crippen LogP contribution in [0.2, 0.25) is 0 Å². The fourth-order valence-electron chi connectivity index (χ4n) is 2.83. The smallest absolute Gasteiger partial charge is 0.232 e. The first kappa shape index (κ1) is 15.4. The van der Waals surface area contributed by atoms with Crippen molar-refractivity contribution in [3.8, 4) is 11.5 Å². The molecule has 1 N–H and O–H groups in total. The Morgan fingerprint density at radius 1 is 1.13 bits per heavy atom. The lowest BCUT2D eigenvalue weighted by molar-refractivity contribution is -0.118. The molecule has 0 fully saturated rings. The Labute approximate surface area is 136 Å². The van der Waals surface area contributed by atoms with Gasteiger partial charge >= 0.3 is 0 Å². The van der Waals surface area contributed by atoms with Gasteiger partial charge in [0.1, 0.15) is 0 Å². The normalized spacial score (nSPS) is 15.0. The second kappa shape index (κ2) is 6.73. The molecule has 23 heavy (non-hydrogen) atoms. The van der Waals surface area contributed by atoms with Crippen LogP contribution in [0.4, 0.5) is 5.69 Å². The lowest BCUT2D eigenvalue weighted by atomic mass is 9.85. The molecule has 0 unspecified atom stereocenters. The zero-order chi connectivity index (χ0) is 16.2. The highest BCUT2D eigenvalue weighted by Crippen LogP contribution is 2.35. The molecule has 1 aliphatic rings. The quantitative estimate of drug-likeness (QED) is 0.901. The van der Waals surface area contributed by atoms with E-state index < -0.39 is 0 Å². The number of hydrogen-bond acceptors (Lipinski definition) is 3. The molecule has 3 rings (SSSR count). The maximum absolute atomic E-state index is 12.8. The van der Waals surface area contributed by atoms with Crippen LogP contribution in [-0.2, 0) is 4.79 Å². The Bertz CT molecular complexity index is 684. The summed E-state index contributed by atoms with van der Waals surface area (Å²) in [4.78, 5) is 12.8. The summed E-state index contributed by atoms with van der Waals surface area (Å²) >= 11 is 0. The van der Waals surface area contributed by atoms with Gasteiger partial charge in [0.25, 0.3) is 0 Å². The molecule has 2 aromatic carbocycles. The monoisotopic (exact) mass is 311 g/mol. The fourth-order valence-corrected chi connectivity index (χ4v) is 2.83. The van der Waals surface area contributed by atoms with E-state index in [1.54, 1.807) is 6.07 Å². The van der Waals surface area contributed by atoms with Crippen molar-refractivity contribution in [3.63, 3.8) is 0 Å². The average Bonchev–Trinajstić information content (AvgIpc) is 3.03. The number of benzene rings is 2. The lowest BCUT2D eigenvalue weighted by Gasteiger charge is -2.23. The number of anilines is 1. The summed E-state index contributed by atoms with van der Waals surface area (Å²) in [5, 5.41) is 3.01. The molecule has 0 bridgehead atoms. The first-order valence-electron chi connectivity index (χ1n) is 7.94. The number of carbonyl (C=O) groups excluding carboxylic acids is 1. The molecule has 120 valence electrons. The second-order valence-electron chi connectivity index (χ2n) is 5.83. The molecule has 4 heteroatoms. The van der Waals surface area contributed by atoms with Crippen LogP contribution in [0, 0.1) is 5.92 Å². The predicted molar refractivity (Wildman–Crippen MR) is 89.8 cm³/mol. The summed E-state index contributed by atoms with van der Waals surface area (Å²) in [7, 11) is 0. The van der Waals surface area contributed by atoms with Gasteiger partial charge in [0.15, 0.2) is 11.5 Å². The van der Waals surface area contributed by atoms with E-state index in [9.17, 15) is 4.79 Å². The second-order valence-corrected chi connectivity index (χ2v) is 5.83. The van der Waals surface area contributed by atoms with Gasteiger partial charge in [-0.1, -0.05) is 50.6 Å². The van der Waals surface area contributed by atoms with Gasteiger partial charge in [-0.05, 0) is 23.6 Å². The molecule has 2 atom stereocenters. The molecule has 1 heterocycles. The van der Waals surface area contributed by atoms with Gasteiger partial charge < -0.3 is 14.8 Å². The topological polar surface area (TPSA) is 47.6 Å². The minimum Gasteiger partial charge on any atom is -0.454 e. The Balaban J connectivity index is 1.81. The van der Waals surface area contributed by atoms with E-state index in [4.69, 9.17) is 9.47 Å². The predicted octanol–water partition coefficient (Wildman–Crippen LogP) is 4.18. The molecule has 0 radical (unpaired) electrons. The summed E-state index contributed by atoms with van der Waals surface area (Å²) in [6.45, 7) is 4.44. The van der Waals surface area contributed by atoms with E-state index in [1.807, 2.05) is 42.5 Å². The Kier molecular flexibility index (Phi) is 4.51. The number of fused-ring (bicyclic) bond motifs is 1. The van der Waals surface area contributed by atoms with Crippen molar-refractivity contribution in [2.45, 2.75) is 26.2 Å². The van der Waals surface area contributed by atoms with Crippen LogP contribution >= 0.6 is 0 Å². The highest BCUT2D eigenvalue weighted by molar-refractivity contribution is 5.96. The van der Waals surface area contributed by atoms with Gasteiger partial charge in [-0.15, -0.1) is 0 Å². The number of hydrogen-bond donors (Lipinski definition) is 1. The minimum absolute atomic E-state index is 0.00409.